The molecular weight excluding hydrogens is 318 g/mol. The summed E-state index contributed by atoms with van der Waals surface area (Å²) in [5, 5.41) is 4.35. The van der Waals surface area contributed by atoms with Gasteiger partial charge < -0.3 is 9.80 Å². The van der Waals surface area contributed by atoms with Gasteiger partial charge in [0.25, 0.3) is 15.9 Å². The van der Waals surface area contributed by atoms with Gasteiger partial charge in [-0.05, 0) is 20.9 Å². The molecule has 1 amide bonds. The molecule has 128 valence electrons. The number of rotatable bonds is 1. The molecule has 3 heterocycles. The van der Waals surface area contributed by atoms with Crippen LogP contribution in [-0.2, 0) is 16.6 Å². The summed E-state index contributed by atoms with van der Waals surface area (Å²) in [6.45, 7) is 7.03. The summed E-state index contributed by atoms with van der Waals surface area (Å²) in [4.78, 5) is 16.8. The van der Waals surface area contributed by atoms with Crippen molar-refractivity contribution < 1.29 is 13.2 Å². The highest BCUT2D eigenvalue weighted by Crippen LogP contribution is 2.25. The maximum absolute atomic E-state index is 12.9. The lowest BCUT2D eigenvalue weighted by molar-refractivity contribution is 0.0242. The number of sulfonamides is 1. The van der Waals surface area contributed by atoms with Gasteiger partial charge in [-0.1, -0.05) is 0 Å². The van der Waals surface area contributed by atoms with E-state index in [-0.39, 0.29) is 22.2 Å². The zero-order chi connectivity index (χ0) is 17.0. The molecule has 0 spiro atoms. The van der Waals surface area contributed by atoms with E-state index in [1.165, 1.54) is 22.1 Å². The van der Waals surface area contributed by atoms with Gasteiger partial charge in [-0.3, -0.25) is 9.48 Å². The fourth-order valence-electron chi connectivity index (χ4n) is 3.30. The molecule has 0 bridgehead atoms. The van der Waals surface area contributed by atoms with Crippen molar-refractivity contribution in [1.29, 1.82) is 0 Å². The lowest BCUT2D eigenvalue weighted by Gasteiger charge is -2.45. The number of nitrogens with zero attached hydrogens (tertiary/aromatic N) is 5. The fraction of sp³-hybridized carbons (Fsp3) is 0.714. The first-order valence-corrected chi connectivity index (χ1v) is 9.12. The maximum Gasteiger partial charge on any atom is 0.274 e. The number of aromatic nitrogens is 2. The predicted octanol–water partition coefficient (Wildman–Crippen LogP) is -0.317. The summed E-state index contributed by atoms with van der Waals surface area (Å²) in [5.41, 5.74) is -0.111. The van der Waals surface area contributed by atoms with Gasteiger partial charge in [-0.15, -0.1) is 0 Å². The molecule has 0 saturated carbocycles. The van der Waals surface area contributed by atoms with E-state index in [0.29, 0.717) is 19.6 Å². The Labute approximate surface area is 136 Å². The Kier molecular flexibility index (Phi) is 3.77. The van der Waals surface area contributed by atoms with Crippen LogP contribution in [0.3, 0.4) is 0 Å². The van der Waals surface area contributed by atoms with E-state index < -0.39 is 10.0 Å². The Morgan fingerprint density at radius 3 is 2.52 bits per heavy atom. The fourth-order valence-corrected chi connectivity index (χ4v) is 4.60. The Bertz CT molecular complexity index is 740. The molecule has 1 aromatic heterocycles. The van der Waals surface area contributed by atoms with Crippen molar-refractivity contribution in [3.8, 4) is 0 Å². The summed E-state index contributed by atoms with van der Waals surface area (Å²) in [6, 6.07) is 1.40. The van der Waals surface area contributed by atoms with Crippen LogP contribution in [0.15, 0.2) is 11.1 Å². The molecule has 2 aliphatic heterocycles. The SMILES string of the molecule is CN1CCN(C(=O)c2cc3n(n2)CCN(C)S3(=O)=O)C(C)(C)C1. The molecular formula is C14H23N5O3S. The maximum atomic E-state index is 12.9. The number of hydrogen-bond donors (Lipinski definition) is 0. The van der Waals surface area contributed by atoms with E-state index in [1.54, 1.807) is 4.90 Å². The topological polar surface area (TPSA) is 78.8 Å². The quantitative estimate of drug-likeness (QED) is 0.700. The van der Waals surface area contributed by atoms with Gasteiger partial charge in [-0.25, -0.2) is 8.42 Å². The molecule has 1 aromatic rings. The summed E-state index contributed by atoms with van der Waals surface area (Å²) >= 11 is 0. The van der Waals surface area contributed by atoms with E-state index in [1.807, 2.05) is 20.9 Å². The summed E-state index contributed by atoms with van der Waals surface area (Å²) in [5.74, 6) is -0.206. The summed E-state index contributed by atoms with van der Waals surface area (Å²) < 4.78 is 27.4. The largest absolute Gasteiger partial charge is 0.330 e. The minimum atomic E-state index is -3.55. The average molecular weight is 341 g/mol. The third kappa shape index (κ3) is 2.66. The van der Waals surface area contributed by atoms with Crippen LogP contribution in [-0.4, -0.2) is 84.0 Å². The van der Waals surface area contributed by atoms with Gasteiger partial charge in [-0.2, -0.15) is 9.40 Å². The molecule has 0 aliphatic carbocycles. The number of carbonyl (C=O) groups is 1. The Morgan fingerprint density at radius 1 is 1.17 bits per heavy atom. The number of piperazine rings is 1. The normalized spacial score (nSPS) is 24.4. The van der Waals surface area contributed by atoms with Crippen molar-refractivity contribution in [1.82, 2.24) is 23.9 Å². The van der Waals surface area contributed by atoms with Crippen LogP contribution in [0, 0.1) is 0 Å². The molecule has 3 rings (SSSR count). The number of carbonyl (C=O) groups excluding carboxylic acids is 1. The van der Waals surface area contributed by atoms with Crippen LogP contribution < -0.4 is 0 Å². The summed E-state index contributed by atoms with van der Waals surface area (Å²) in [6.07, 6.45) is 0. The molecule has 0 atom stereocenters. The number of amides is 1. The van der Waals surface area contributed by atoms with E-state index in [2.05, 4.69) is 10.00 Å². The minimum Gasteiger partial charge on any atom is -0.330 e. The smallest absolute Gasteiger partial charge is 0.274 e. The highest BCUT2D eigenvalue weighted by Gasteiger charge is 2.38. The highest BCUT2D eigenvalue weighted by atomic mass is 32.2. The zero-order valence-corrected chi connectivity index (χ0v) is 14.8. The van der Waals surface area contributed by atoms with Gasteiger partial charge in [0.05, 0.1) is 12.1 Å². The average Bonchev–Trinajstić information content (AvgIpc) is 2.87. The van der Waals surface area contributed by atoms with Gasteiger partial charge in [0.2, 0.25) is 0 Å². The van der Waals surface area contributed by atoms with Crippen molar-refractivity contribution in [2.24, 2.45) is 0 Å². The van der Waals surface area contributed by atoms with Crippen molar-refractivity contribution in [3.05, 3.63) is 11.8 Å². The van der Waals surface area contributed by atoms with Crippen molar-refractivity contribution in [2.45, 2.75) is 31.0 Å². The van der Waals surface area contributed by atoms with Gasteiger partial charge in [0, 0.05) is 39.3 Å². The first kappa shape index (κ1) is 16.4. The standard InChI is InChI=1S/C14H23N5O3S/c1-14(2)10-16(3)5-7-18(14)13(20)11-9-12-19(15-11)8-6-17(4)23(12,21)22/h9H,5-8,10H2,1-4H3. The van der Waals surface area contributed by atoms with Crippen LogP contribution in [0.25, 0.3) is 0 Å². The van der Waals surface area contributed by atoms with Crippen molar-refractivity contribution >= 4 is 15.9 Å². The molecule has 0 unspecified atom stereocenters. The minimum absolute atomic E-state index is 0.0986. The first-order valence-electron chi connectivity index (χ1n) is 7.68. The number of hydrogen-bond acceptors (Lipinski definition) is 5. The molecule has 2 aliphatic rings. The van der Waals surface area contributed by atoms with Crippen LogP contribution in [0.2, 0.25) is 0 Å². The molecule has 0 radical (unpaired) electrons. The Hall–Kier alpha value is -1.45. The molecule has 1 saturated heterocycles. The Balaban J connectivity index is 1.93. The Morgan fingerprint density at radius 2 is 1.87 bits per heavy atom. The number of likely N-dealkylation sites (N-methyl/N-ethyl adjacent to an activating group) is 2. The molecule has 9 heteroatoms. The molecule has 0 N–H and O–H groups in total. The monoisotopic (exact) mass is 341 g/mol. The molecule has 1 fully saturated rings. The predicted molar refractivity (Wildman–Crippen MR) is 84.7 cm³/mol. The molecule has 8 nitrogen and oxygen atoms in total. The summed E-state index contributed by atoms with van der Waals surface area (Å²) in [7, 11) is 0.0208. The lowest BCUT2D eigenvalue weighted by Crippen LogP contribution is -2.60. The molecule has 0 aromatic carbocycles. The van der Waals surface area contributed by atoms with Gasteiger partial charge in [0.15, 0.2) is 10.7 Å². The van der Waals surface area contributed by atoms with Crippen molar-refractivity contribution in [3.63, 3.8) is 0 Å². The van der Waals surface area contributed by atoms with E-state index in [4.69, 9.17) is 0 Å². The number of fused-ring (bicyclic) bond motifs is 1. The van der Waals surface area contributed by atoms with Gasteiger partial charge in [0.1, 0.15) is 0 Å². The van der Waals surface area contributed by atoms with Crippen LogP contribution in [0.4, 0.5) is 0 Å². The van der Waals surface area contributed by atoms with E-state index in [0.717, 1.165) is 13.1 Å². The van der Waals surface area contributed by atoms with Crippen LogP contribution >= 0.6 is 0 Å². The second-order valence-corrected chi connectivity index (χ2v) is 8.92. The lowest BCUT2D eigenvalue weighted by atomic mass is 9.98. The van der Waals surface area contributed by atoms with Crippen LogP contribution in [0.1, 0.15) is 24.3 Å². The van der Waals surface area contributed by atoms with Crippen LogP contribution in [0.5, 0.6) is 0 Å². The second-order valence-electron chi connectivity index (χ2n) is 6.92. The van der Waals surface area contributed by atoms with Crippen molar-refractivity contribution in [2.75, 3.05) is 40.3 Å². The highest BCUT2D eigenvalue weighted by molar-refractivity contribution is 7.89. The third-order valence-electron chi connectivity index (χ3n) is 4.60. The second kappa shape index (κ2) is 5.29. The van der Waals surface area contributed by atoms with E-state index in [9.17, 15) is 13.2 Å². The first-order chi connectivity index (χ1) is 10.6. The zero-order valence-electron chi connectivity index (χ0n) is 14.0. The third-order valence-corrected chi connectivity index (χ3v) is 6.46. The van der Waals surface area contributed by atoms with E-state index >= 15 is 0 Å². The van der Waals surface area contributed by atoms with Gasteiger partial charge >= 0.3 is 0 Å². The molecule has 23 heavy (non-hydrogen) atoms.